The number of hydrogen-bond acceptors (Lipinski definition) is 3. The first-order chi connectivity index (χ1) is 11.1. The lowest BCUT2D eigenvalue weighted by atomic mass is 9.99. The number of aryl methyl sites for hydroxylation is 1. The Morgan fingerprint density at radius 3 is 2.67 bits per heavy atom. The maximum Gasteiger partial charge on any atom is 0.255 e. The Morgan fingerprint density at radius 1 is 1.29 bits per heavy atom. The van der Waals surface area contributed by atoms with Gasteiger partial charge in [-0.05, 0) is 52.3 Å². The zero-order chi connectivity index (χ0) is 16.4. The molecule has 0 radical (unpaired) electrons. The fraction of sp³-hybridized carbons (Fsp3) is 0.444. The van der Waals surface area contributed by atoms with E-state index >= 15 is 0 Å². The van der Waals surface area contributed by atoms with Crippen molar-refractivity contribution in [3.05, 3.63) is 47.3 Å². The normalized spacial score (nSPS) is 20.3. The maximum absolute atomic E-state index is 12.8. The van der Waals surface area contributed by atoms with Gasteiger partial charge in [-0.2, -0.15) is 5.10 Å². The van der Waals surface area contributed by atoms with E-state index in [2.05, 4.69) is 22.7 Å². The Kier molecular flexibility index (Phi) is 6.02. The number of benzene rings is 1. The van der Waals surface area contributed by atoms with Crippen molar-refractivity contribution in [2.75, 3.05) is 6.54 Å². The second-order valence-electron chi connectivity index (χ2n) is 6.26. The van der Waals surface area contributed by atoms with Crippen LogP contribution in [0.1, 0.15) is 41.5 Å². The molecular weight excluding hydrogens is 324 g/mol. The Morgan fingerprint density at radius 2 is 2.00 bits per heavy atom. The summed E-state index contributed by atoms with van der Waals surface area (Å²) in [5, 5.41) is 11.1. The Hall–Kier alpha value is -1.85. The fourth-order valence-electron chi connectivity index (χ4n) is 3.27. The lowest BCUT2D eigenvalue weighted by Crippen LogP contribution is -2.52. The number of carbonyl (C=O) groups excluding carboxylic acids is 1. The molecule has 6 heteroatoms. The molecule has 1 aromatic carbocycles. The van der Waals surface area contributed by atoms with Crippen LogP contribution in [0.5, 0.6) is 0 Å². The molecule has 3 rings (SSSR count). The van der Waals surface area contributed by atoms with Gasteiger partial charge in [0, 0.05) is 12.1 Å². The lowest BCUT2D eigenvalue weighted by molar-refractivity contribution is 0.0918. The van der Waals surface area contributed by atoms with Gasteiger partial charge < -0.3 is 10.6 Å². The molecule has 2 aromatic rings. The third kappa shape index (κ3) is 3.62. The number of carbonyl (C=O) groups is 1. The summed E-state index contributed by atoms with van der Waals surface area (Å²) in [4.78, 5) is 12.8. The zero-order valence-electron chi connectivity index (χ0n) is 14.4. The highest BCUT2D eigenvalue weighted by Crippen LogP contribution is 2.18. The van der Waals surface area contributed by atoms with Crippen molar-refractivity contribution in [3.8, 4) is 5.69 Å². The summed E-state index contributed by atoms with van der Waals surface area (Å²) >= 11 is 0. The average Bonchev–Trinajstić information content (AvgIpc) is 2.85. The van der Waals surface area contributed by atoms with E-state index in [1.807, 2.05) is 48.9 Å². The molecule has 1 aliphatic rings. The van der Waals surface area contributed by atoms with E-state index in [0.717, 1.165) is 36.5 Å². The van der Waals surface area contributed by atoms with Crippen LogP contribution in [0, 0.1) is 13.8 Å². The maximum atomic E-state index is 12.8. The minimum Gasteiger partial charge on any atom is -0.348 e. The quantitative estimate of drug-likeness (QED) is 0.896. The van der Waals surface area contributed by atoms with Crippen LogP contribution >= 0.6 is 12.4 Å². The predicted molar refractivity (Wildman–Crippen MR) is 98.2 cm³/mol. The first-order valence-electron chi connectivity index (χ1n) is 8.24. The Labute approximate surface area is 149 Å². The highest BCUT2D eigenvalue weighted by atomic mass is 35.5. The summed E-state index contributed by atoms with van der Waals surface area (Å²) in [6.07, 6.45) is 2.11. The topological polar surface area (TPSA) is 59.0 Å². The van der Waals surface area contributed by atoms with Gasteiger partial charge in [0.15, 0.2) is 0 Å². The van der Waals surface area contributed by atoms with Crippen LogP contribution in [-0.2, 0) is 0 Å². The van der Waals surface area contributed by atoms with Crippen LogP contribution in [-0.4, -0.2) is 34.3 Å². The molecule has 1 aliphatic heterocycles. The summed E-state index contributed by atoms with van der Waals surface area (Å²) in [6.45, 7) is 6.99. The van der Waals surface area contributed by atoms with Crippen LogP contribution in [0.15, 0.2) is 30.3 Å². The van der Waals surface area contributed by atoms with Crippen molar-refractivity contribution < 1.29 is 4.79 Å². The minimum absolute atomic E-state index is 0. The van der Waals surface area contributed by atoms with E-state index in [1.165, 1.54) is 0 Å². The third-order valence-electron chi connectivity index (χ3n) is 4.60. The molecule has 5 nitrogen and oxygen atoms in total. The van der Waals surface area contributed by atoms with Gasteiger partial charge in [0.1, 0.15) is 0 Å². The van der Waals surface area contributed by atoms with E-state index in [4.69, 9.17) is 0 Å². The zero-order valence-corrected chi connectivity index (χ0v) is 15.2. The highest BCUT2D eigenvalue weighted by Gasteiger charge is 2.26. The van der Waals surface area contributed by atoms with Crippen LogP contribution in [0.25, 0.3) is 5.69 Å². The number of rotatable bonds is 3. The van der Waals surface area contributed by atoms with Gasteiger partial charge in [-0.25, -0.2) is 4.68 Å². The number of para-hydroxylation sites is 1. The van der Waals surface area contributed by atoms with Gasteiger partial charge in [-0.1, -0.05) is 18.2 Å². The fourth-order valence-corrected chi connectivity index (χ4v) is 3.27. The molecule has 130 valence electrons. The number of halogens is 1. The molecule has 1 saturated heterocycles. The number of piperidine rings is 1. The van der Waals surface area contributed by atoms with Gasteiger partial charge in [-0.15, -0.1) is 12.4 Å². The van der Waals surface area contributed by atoms with Gasteiger partial charge >= 0.3 is 0 Å². The number of hydrogen-bond donors (Lipinski definition) is 2. The highest BCUT2D eigenvalue weighted by molar-refractivity contribution is 5.96. The van der Waals surface area contributed by atoms with E-state index in [1.54, 1.807) is 0 Å². The largest absolute Gasteiger partial charge is 0.348 e. The molecular formula is C18H25ClN4O. The first kappa shape index (κ1) is 18.5. The van der Waals surface area contributed by atoms with Gasteiger partial charge in [0.05, 0.1) is 22.6 Å². The van der Waals surface area contributed by atoms with Crippen molar-refractivity contribution in [2.24, 2.45) is 0 Å². The average molecular weight is 349 g/mol. The van der Waals surface area contributed by atoms with Crippen LogP contribution < -0.4 is 10.6 Å². The SMILES string of the molecule is Cc1nn(-c2ccccc2)c(C)c1C(=O)NC1CCCNC1C.Cl. The van der Waals surface area contributed by atoms with Gasteiger partial charge in [0.25, 0.3) is 5.91 Å². The summed E-state index contributed by atoms with van der Waals surface area (Å²) in [5.41, 5.74) is 3.30. The van der Waals surface area contributed by atoms with E-state index < -0.39 is 0 Å². The standard InChI is InChI=1S/C18H24N4O.ClH/c1-12-16(10-7-11-19-12)20-18(23)17-13(2)21-22(14(17)3)15-8-5-4-6-9-15;/h4-6,8-9,12,16,19H,7,10-11H2,1-3H3,(H,20,23);1H. The third-order valence-corrected chi connectivity index (χ3v) is 4.60. The summed E-state index contributed by atoms with van der Waals surface area (Å²) < 4.78 is 1.84. The predicted octanol–water partition coefficient (Wildman–Crippen LogP) is 2.78. The van der Waals surface area contributed by atoms with Crippen molar-refractivity contribution in [1.82, 2.24) is 20.4 Å². The second-order valence-corrected chi connectivity index (χ2v) is 6.26. The number of aromatic nitrogens is 2. The molecule has 2 N–H and O–H groups in total. The van der Waals surface area contributed by atoms with E-state index in [-0.39, 0.29) is 24.4 Å². The van der Waals surface area contributed by atoms with Crippen molar-refractivity contribution in [3.63, 3.8) is 0 Å². The minimum atomic E-state index is -0.0252. The lowest BCUT2D eigenvalue weighted by Gasteiger charge is -2.30. The summed E-state index contributed by atoms with van der Waals surface area (Å²) in [7, 11) is 0. The molecule has 1 amide bonds. The van der Waals surface area contributed by atoms with Crippen LogP contribution in [0.3, 0.4) is 0 Å². The molecule has 1 fully saturated rings. The summed E-state index contributed by atoms with van der Waals surface area (Å²) in [5.74, 6) is -0.0252. The van der Waals surface area contributed by atoms with Crippen molar-refractivity contribution >= 4 is 18.3 Å². The van der Waals surface area contributed by atoms with E-state index in [9.17, 15) is 4.79 Å². The number of nitrogens with zero attached hydrogens (tertiary/aromatic N) is 2. The molecule has 2 heterocycles. The van der Waals surface area contributed by atoms with Gasteiger partial charge in [-0.3, -0.25) is 4.79 Å². The molecule has 2 atom stereocenters. The Balaban J connectivity index is 0.00000208. The Bertz CT molecular complexity index is 699. The molecule has 24 heavy (non-hydrogen) atoms. The van der Waals surface area contributed by atoms with Crippen LogP contribution in [0.4, 0.5) is 0 Å². The van der Waals surface area contributed by atoms with Crippen molar-refractivity contribution in [2.45, 2.75) is 45.7 Å². The second kappa shape index (κ2) is 7.81. The number of amides is 1. The smallest absolute Gasteiger partial charge is 0.255 e. The number of nitrogens with one attached hydrogen (secondary N) is 2. The van der Waals surface area contributed by atoms with Crippen LogP contribution in [0.2, 0.25) is 0 Å². The molecule has 0 spiro atoms. The van der Waals surface area contributed by atoms with Gasteiger partial charge in [0.2, 0.25) is 0 Å². The molecule has 2 unspecified atom stereocenters. The summed E-state index contributed by atoms with van der Waals surface area (Å²) in [6, 6.07) is 10.4. The molecule has 0 aliphatic carbocycles. The van der Waals surface area contributed by atoms with E-state index in [0.29, 0.717) is 11.6 Å². The molecule has 0 saturated carbocycles. The van der Waals surface area contributed by atoms with Crippen molar-refractivity contribution in [1.29, 1.82) is 0 Å². The first-order valence-corrected chi connectivity index (χ1v) is 8.24. The molecule has 0 bridgehead atoms. The monoisotopic (exact) mass is 348 g/mol. The molecule has 1 aromatic heterocycles.